The molecule has 2 atom stereocenters. The topological polar surface area (TPSA) is 105 Å². The molecule has 2 aliphatic carbocycles. The third-order valence-corrected chi connectivity index (χ3v) is 6.75. The van der Waals surface area contributed by atoms with E-state index in [1.54, 1.807) is 13.8 Å². The van der Waals surface area contributed by atoms with Gasteiger partial charge in [-0.2, -0.15) is 0 Å². The number of fused-ring (bicyclic) bond motifs is 3. The number of carboxylic acids is 1. The van der Waals surface area contributed by atoms with E-state index in [-0.39, 0.29) is 25.4 Å². The number of aliphatic carboxylic acids is 1. The molecule has 2 amide bonds. The van der Waals surface area contributed by atoms with E-state index in [0.29, 0.717) is 0 Å². The summed E-state index contributed by atoms with van der Waals surface area (Å²) in [6.45, 7) is 3.23. The van der Waals surface area contributed by atoms with Crippen LogP contribution in [0.1, 0.15) is 43.7 Å². The molecule has 7 nitrogen and oxygen atoms in total. The number of rotatable bonds is 9. The lowest BCUT2D eigenvalue weighted by atomic mass is 9.98. The number of alkyl carbamates (subject to hydrolysis) is 1. The van der Waals surface area contributed by atoms with Crippen molar-refractivity contribution < 1.29 is 33.0 Å². The Morgan fingerprint density at radius 1 is 1.03 bits per heavy atom. The Balaban J connectivity index is 1.24. The zero-order chi connectivity index (χ0) is 25.4. The summed E-state index contributed by atoms with van der Waals surface area (Å²) in [6, 6.07) is 16.0. The zero-order valence-electron chi connectivity index (χ0n) is 19.5. The highest BCUT2D eigenvalue weighted by Gasteiger charge is 2.72. The van der Waals surface area contributed by atoms with Gasteiger partial charge in [0, 0.05) is 24.4 Å². The normalized spacial score (nSPS) is 19.9. The number of carbonyl (C=O) groups is 3. The number of hydrogen-bond acceptors (Lipinski definition) is 4. The van der Waals surface area contributed by atoms with Crippen molar-refractivity contribution in [3.63, 3.8) is 0 Å². The Morgan fingerprint density at radius 2 is 1.60 bits per heavy atom. The van der Waals surface area contributed by atoms with Crippen LogP contribution in [0.25, 0.3) is 11.1 Å². The van der Waals surface area contributed by atoms with E-state index < -0.39 is 47.8 Å². The van der Waals surface area contributed by atoms with Crippen molar-refractivity contribution in [3.8, 4) is 11.1 Å². The van der Waals surface area contributed by atoms with Crippen LogP contribution in [0, 0.1) is 11.8 Å². The number of hydrogen-bond donors (Lipinski definition) is 3. The molecule has 0 radical (unpaired) electrons. The minimum atomic E-state index is -3.30. The molecule has 0 aliphatic heterocycles. The van der Waals surface area contributed by atoms with Crippen LogP contribution >= 0.6 is 0 Å². The van der Waals surface area contributed by atoms with E-state index >= 15 is 0 Å². The van der Waals surface area contributed by atoms with Crippen molar-refractivity contribution >= 4 is 18.0 Å². The average Bonchev–Trinajstić information content (AvgIpc) is 3.22. The standard InChI is InChI=1S/C26H28F2N2O5/c1-25(2,12-11-21(31)29-13-20-22(23(32)33)26(20,27)28)30-24(34)35-14-19-17-9-5-3-7-15(17)16-8-4-6-10-18(16)19/h3-10,19-20,22H,11-14H2,1-2H3,(H,29,31)(H,30,34)(H,32,33)/t20-,22-/m1/s1. The molecule has 9 heteroatoms. The number of halogens is 2. The lowest BCUT2D eigenvalue weighted by molar-refractivity contribution is -0.141. The van der Waals surface area contributed by atoms with Crippen molar-refractivity contribution in [2.75, 3.05) is 13.2 Å². The lowest BCUT2D eigenvalue weighted by Gasteiger charge is -2.26. The molecule has 1 saturated carbocycles. The Kier molecular flexibility index (Phi) is 6.53. The Morgan fingerprint density at radius 3 is 2.14 bits per heavy atom. The SMILES string of the molecule is CC(C)(CCC(=O)NC[C@@H]1[C@H](C(=O)O)C1(F)F)NC(=O)OCC1c2ccccc2-c2ccccc21. The second-order valence-electron chi connectivity index (χ2n) is 9.74. The van der Waals surface area contributed by atoms with Gasteiger partial charge >= 0.3 is 12.1 Å². The van der Waals surface area contributed by atoms with Gasteiger partial charge in [-0.3, -0.25) is 9.59 Å². The van der Waals surface area contributed by atoms with Crippen molar-refractivity contribution in [2.24, 2.45) is 11.8 Å². The van der Waals surface area contributed by atoms with Gasteiger partial charge in [-0.1, -0.05) is 48.5 Å². The minimum Gasteiger partial charge on any atom is -0.481 e. The van der Waals surface area contributed by atoms with Gasteiger partial charge in [0.05, 0.1) is 5.92 Å². The molecule has 3 N–H and O–H groups in total. The summed E-state index contributed by atoms with van der Waals surface area (Å²) < 4.78 is 32.4. The van der Waals surface area contributed by atoms with Crippen LogP contribution in [0.5, 0.6) is 0 Å². The fraction of sp³-hybridized carbons (Fsp3) is 0.423. The van der Waals surface area contributed by atoms with E-state index in [0.717, 1.165) is 22.3 Å². The molecule has 186 valence electrons. The molecule has 0 heterocycles. The van der Waals surface area contributed by atoms with Crippen LogP contribution < -0.4 is 10.6 Å². The van der Waals surface area contributed by atoms with Crippen LogP contribution in [0.2, 0.25) is 0 Å². The first-order valence-electron chi connectivity index (χ1n) is 11.5. The molecular weight excluding hydrogens is 458 g/mol. The highest BCUT2D eigenvalue weighted by molar-refractivity contribution is 5.79. The molecule has 0 unspecified atom stereocenters. The van der Waals surface area contributed by atoms with Gasteiger partial charge in [0.2, 0.25) is 5.91 Å². The van der Waals surface area contributed by atoms with Gasteiger partial charge < -0.3 is 20.5 Å². The molecule has 0 bridgehead atoms. The van der Waals surface area contributed by atoms with Crippen LogP contribution in [0.15, 0.2) is 48.5 Å². The molecule has 0 spiro atoms. The molecule has 0 saturated heterocycles. The number of carboxylic acid groups (broad SMARTS) is 1. The number of nitrogens with one attached hydrogen (secondary N) is 2. The summed E-state index contributed by atoms with van der Waals surface area (Å²) in [6.07, 6.45) is -0.390. The largest absolute Gasteiger partial charge is 0.481 e. The van der Waals surface area contributed by atoms with Crippen LogP contribution in [-0.4, -0.2) is 47.7 Å². The Labute approximate surface area is 201 Å². The number of benzene rings is 2. The van der Waals surface area contributed by atoms with Crippen molar-refractivity contribution in [3.05, 3.63) is 59.7 Å². The summed E-state index contributed by atoms with van der Waals surface area (Å²) in [5.41, 5.74) is 3.67. The number of ether oxygens (including phenoxy) is 1. The maximum atomic E-state index is 13.4. The molecule has 35 heavy (non-hydrogen) atoms. The molecule has 2 aromatic carbocycles. The molecule has 1 fully saturated rings. The quantitative estimate of drug-likeness (QED) is 0.494. The van der Waals surface area contributed by atoms with Gasteiger partial charge in [-0.05, 0) is 42.5 Å². The molecule has 2 aliphatic rings. The van der Waals surface area contributed by atoms with E-state index in [4.69, 9.17) is 9.84 Å². The Bertz CT molecular complexity index is 1100. The highest BCUT2D eigenvalue weighted by atomic mass is 19.3. The first kappa shape index (κ1) is 24.6. The van der Waals surface area contributed by atoms with Gasteiger partial charge in [0.1, 0.15) is 12.5 Å². The summed E-state index contributed by atoms with van der Waals surface area (Å²) in [5, 5.41) is 13.9. The number of carbonyl (C=O) groups excluding carboxylic acids is 2. The van der Waals surface area contributed by atoms with Crippen molar-refractivity contribution in [1.82, 2.24) is 10.6 Å². The molecule has 4 rings (SSSR count). The van der Waals surface area contributed by atoms with Gasteiger partial charge in [0.15, 0.2) is 0 Å². The van der Waals surface area contributed by atoms with E-state index in [2.05, 4.69) is 22.8 Å². The maximum Gasteiger partial charge on any atom is 0.407 e. The third kappa shape index (κ3) is 5.13. The predicted octanol–water partition coefficient (Wildman–Crippen LogP) is 4.17. The van der Waals surface area contributed by atoms with Crippen molar-refractivity contribution in [1.29, 1.82) is 0 Å². The smallest absolute Gasteiger partial charge is 0.407 e. The monoisotopic (exact) mass is 486 g/mol. The molecule has 0 aromatic heterocycles. The van der Waals surface area contributed by atoms with E-state index in [9.17, 15) is 23.2 Å². The summed E-state index contributed by atoms with van der Waals surface area (Å²) in [5.74, 6) is -8.58. The number of amides is 2. The number of alkyl halides is 2. The van der Waals surface area contributed by atoms with Crippen LogP contribution in [0.3, 0.4) is 0 Å². The molecular formula is C26H28F2N2O5. The first-order valence-corrected chi connectivity index (χ1v) is 11.5. The van der Waals surface area contributed by atoms with Crippen LogP contribution in [0.4, 0.5) is 13.6 Å². The minimum absolute atomic E-state index is 0.0211. The fourth-order valence-electron chi connectivity index (χ4n) is 4.69. The maximum absolute atomic E-state index is 13.4. The van der Waals surface area contributed by atoms with E-state index in [1.165, 1.54) is 0 Å². The first-order chi connectivity index (χ1) is 16.5. The zero-order valence-corrected chi connectivity index (χ0v) is 19.5. The van der Waals surface area contributed by atoms with Crippen molar-refractivity contribution in [2.45, 2.75) is 44.1 Å². The Hall–Kier alpha value is -3.49. The third-order valence-electron chi connectivity index (χ3n) is 6.75. The predicted molar refractivity (Wildman–Crippen MR) is 124 cm³/mol. The van der Waals surface area contributed by atoms with Gasteiger partial charge in [-0.25, -0.2) is 13.6 Å². The van der Waals surface area contributed by atoms with E-state index in [1.807, 2.05) is 36.4 Å². The van der Waals surface area contributed by atoms with Gasteiger partial charge in [-0.15, -0.1) is 0 Å². The lowest BCUT2D eigenvalue weighted by Crippen LogP contribution is -2.44. The average molecular weight is 487 g/mol. The summed E-state index contributed by atoms with van der Waals surface area (Å²) >= 11 is 0. The van der Waals surface area contributed by atoms with Crippen LogP contribution in [-0.2, 0) is 14.3 Å². The highest BCUT2D eigenvalue weighted by Crippen LogP contribution is 2.54. The summed E-state index contributed by atoms with van der Waals surface area (Å²) in [4.78, 5) is 35.4. The molecule has 2 aromatic rings. The van der Waals surface area contributed by atoms with Gasteiger partial charge in [0.25, 0.3) is 5.92 Å². The fourth-order valence-corrected chi connectivity index (χ4v) is 4.69. The summed E-state index contributed by atoms with van der Waals surface area (Å²) in [7, 11) is 0. The second-order valence-corrected chi connectivity index (χ2v) is 9.74. The second kappa shape index (κ2) is 9.28.